The first-order valence-corrected chi connectivity index (χ1v) is 5.94. The van der Waals surface area contributed by atoms with Gasteiger partial charge in [-0.15, -0.1) is 0 Å². The highest BCUT2D eigenvalue weighted by molar-refractivity contribution is 5.77. The van der Waals surface area contributed by atoms with Crippen molar-refractivity contribution in [3.8, 4) is 0 Å². The van der Waals surface area contributed by atoms with Crippen molar-refractivity contribution in [2.75, 3.05) is 13.2 Å². The first-order chi connectivity index (χ1) is 9.17. The van der Waals surface area contributed by atoms with Crippen LogP contribution < -0.4 is 10.9 Å². The molecule has 0 fully saturated rings. The molecule has 7 N–H and O–H groups in total. The Morgan fingerprint density at radius 3 is 2.79 bits per heavy atom. The molecule has 0 aliphatic rings. The van der Waals surface area contributed by atoms with Crippen LogP contribution in [0.3, 0.4) is 0 Å². The summed E-state index contributed by atoms with van der Waals surface area (Å²) in [5.74, 6) is 0. The number of hydrogen-bond donors (Lipinski definition) is 6. The summed E-state index contributed by atoms with van der Waals surface area (Å²) in [6.07, 6.45) is 2.00. The lowest BCUT2D eigenvalue weighted by Gasteiger charge is -2.16. The molecule has 2 rings (SSSR count). The summed E-state index contributed by atoms with van der Waals surface area (Å²) in [6.45, 7) is -0.232. The first-order valence-electron chi connectivity index (χ1n) is 5.94. The minimum atomic E-state index is -0.994. The molecule has 2 heterocycles. The van der Waals surface area contributed by atoms with Crippen molar-refractivity contribution >= 4 is 11.0 Å². The van der Waals surface area contributed by atoms with Gasteiger partial charge in [0.15, 0.2) is 0 Å². The Morgan fingerprint density at radius 1 is 1.32 bits per heavy atom. The fourth-order valence-corrected chi connectivity index (χ4v) is 1.93. The minimum Gasteiger partial charge on any atom is -0.393 e. The van der Waals surface area contributed by atoms with Gasteiger partial charge < -0.3 is 30.6 Å². The zero-order valence-corrected chi connectivity index (χ0v) is 10.2. The summed E-state index contributed by atoms with van der Waals surface area (Å²) in [6, 6.07) is -0.517. The number of nitrogens with two attached hydrogens (primary N) is 1. The molecule has 0 saturated heterocycles. The Hall–Kier alpha value is -1.74. The molecule has 2 aromatic rings. The summed E-state index contributed by atoms with van der Waals surface area (Å²) in [4.78, 5) is 20.9. The van der Waals surface area contributed by atoms with E-state index in [0.717, 1.165) is 5.56 Å². The average molecular weight is 269 g/mol. The van der Waals surface area contributed by atoms with E-state index in [9.17, 15) is 9.90 Å². The van der Waals surface area contributed by atoms with Crippen LogP contribution >= 0.6 is 0 Å². The van der Waals surface area contributed by atoms with E-state index in [-0.39, 0.29) is 12.2 Å². The predicted octanol–water partition coefficient (Wildman–Crippen LogP) is -2.97. The largest absolute Gasteiger partial charge is 0.393 e. The van der Waals surface area contributed by atoms with Crippen LogP contribution in [0.2, 0.25) is 0 Å². The molecule has 0 saturated carbocycles. The minimum absolute atomic E-state index is 0.245. The lowest BCUT2D eigenvalue weighted by molar-refractivity contribution is -0.712. The van der Waals surface area contributed by atoms with Crippen LogP contribution in [-0.2, 0) is 6.54 Å². The van der Waals surface area contributed by atoms with Gasteiger partial charge in [-0.25, -0.2) is 4.98 Å². The van der Waals surface area contributed by atoms with Crippen LogP contribution in [0.15, 0.2) is 17.3 Å². The van der Waals surface area contributed by atoms with Crippen molar-refractivity contribution in [3.63, 3.8) is 0 Å². The maximum absolute atomic E-state index is 11.5. The zero-order chi connectivity index (χ0) is 13.8. The summed E-state index contributed by atoms with van der Waals surface area (Å²) >= 11 is 0. The van der Waals surface area contributed by atoms with E-state index < -0.39 is 18.8 Å². The van der Waals surface area contributed by atoms with Gasteiger partial charge in [0, 0.05) is 6.20 Å². The van der Waals surface area contributed by atoms with Gasteiger partial charge in [0.05, 0.1) is 25.1 Å². The third-order valence-electron chi connectivity index (χ3n) is 3.08. The topological polar surface area (TPSA) is 139 Å². The second kappa shape index (κ2) is 5.93. The molecule has 2 atom stereocenters. The highest BCUT2D eigenvalue weighted by Crippen LogP contribution is 2.09. The van der Waals surface area contributed by atoms with Crippen molar-refractivity contribution in [1.29, 1.82) is 0 Å². The Bertz CT molecular complexity index is 594. The molecular formula is C11H17N4O4+. The van der Waals surface area contributed by atoms with Crippen molar-refractivity contribution in [2.24, 2.45) is 0 Å². The second-order valence-electron chi connectivity index (χ2n) is 4.31. The van der Waals surface area contributed by atoms with Crippen LogP contribution in [-0.4, -0.2) is 55.6 Å². The van der Waals surface area contributed by atoms with Gasteiger partial charge in [0.2, 0.25) is 0 Å². The number of aliphatic hydroxyl groups excluding tert-OH is 3. The fraction of sp³-hybridized carbons (Fsp3) is 0.455. The molecule has 0 spiro atoms. The number of quaternary nitrogens is 1. The van der Waals surface area contributed by atoms with Gasteiger partial charge in [0.1, 0.15) is 29.7 Å². The van der Waals surface area contributed by atoms with Gasteiger partial charge in [-0.05, 0) is 0 Å². The molecule has 0 aliphatic heterocycles. The number of aliphatic hydroxyl groups is 3. The van der Waals surface area contributed by atoms with Crippen LogP contribution in [0.25, 0.3) is 11.0 Å². The number of hydrogen-bond acceptors (Lipinski definition) is 5. The molecule has 0 radical (unpaired) electrons. The first kappa shape index (κ1) is 13.7. The number of aromatic amines is 2. The number of rotatable bonds is 6. The molecule has 8 heteroatoms. The predicted molar refractivity (Wildman–Crippen MR) is 66.3 cm³/mol. The molecule has 0 bridgehead atoms. The van der Waals surface area contributed by atoms with E-state index in [1.54, 1.807) is 11.5 Å². The van der Waals surface area contributed by atoms with Gasteiger partial charge in [-0.3, -0.25) is 4.79 Å². The van der Waals surface area contributed by atoms with Crippen LogP contribution in [0.5, 0.6) is 0 Å². The van der Waals surface area contributed by atoms with Crippen molar-refractivity contribution in [3.05, 3.63) is 28.4 Å². The second-order valence-corrected chi connectivity index (χ2v) is 4.31. The smallest absolute Gasteiger partial charge is 0.275 e. The van der Waals surface area contributed by atoms with Gasteiger partial charge >= 0.3 is 0 Å². The van der Waals surface area contributed by atoms with E-state index >= 15 is 0 Å². The van der Waals surface area contributed by atoms with E-state index in [0.29, 0.717) is 17.6 Å². The number of H-pyrrole nitrogens is 2. The monoisotopic (exact) mass is 269 g/mol. The zero-order valence-electron chi connectivity index (χ0n) is 10.2. The van der Waals surface area contributed by atoms with E-state index in [4.69, 9.17) is 10.2 Å². The number of nitrogens with zero attached hydrogens (tertiary/aromatic N) is 1. The Balaban J connectivity index is 2.14. The molecule has 2 aromatic heterocycles. The molecule has 19 heavy (non-hydrogen) atoms. The maximum Gasteiger partial charge on any atom is 0.275 e. The average Bonchev–Trinajstić information content (AvgIpc) is 2.84. The molecule has 0 unspecified atom stereocenters. The van der Waals surface area contributed by atoms with Crippen LogP contribution in [0.4, 0.5) is 0 Å². The van der Waals surface area contributed by atoms with E-state index in [1.165, 1.54) is 6.33 Å². The summed E-state index contributed by atoms with van der Waals surface area (Å²) in [7, 11) is 0. The Labute approximate surface area is 108 Å². The number of fused-ring (bicyclic) bond motifs is 1. The lowest BCUT2D eigenvalue weighted by Crippen LogP contribution is -2.92. The molecule has 0 aliphatic carbocycles. The molecule has 104 valence electrons. The SMILES string of the molecule is O=c1[nH]cnc2c(C[NH2+][C@H](CO)[C@H](O)CO)c[nH]c12. The normalized spacial score (nSPS) is 14.7. The quantitative estimate of drug-likeness (QED) is 0.332. The molecule has 0 aromatic carbocycles. The lowest BCUT2D eigenvalue weighted by atomic mass is 10.1. The highest BCUT2D eigenvalue weighted by atomic mass is 16.3. The van der Waals surface area contributed by atoms with Gasteiger partial charge in [-0.1, -0.05) is 0 Å². The Morgan fingerprint density at radius 2 is 2.11 bits per heavy atom. The van der Waals surface area contributed by atoms with E-state index in [1.807, 2.05) is 0 Å². The molecule has 0 amide bonds. The summed E-state index contributed by atoms with van der Waals surface area (Å²) in [5.41, 5.74) is 1.51. The third kappa shape index (κ3) is 2.82. The number of aromatic nitrogens is 3. The molecular weight excluding hydrogens is 252 g/mol. The standard InChI is InChI=1S/C11H16N4O4/c16-3-7(8(18)4-17)12-1-6-2-13-10-9(6)14-5-15-11(10)19/h2,5,7-8,12-13,16-18H,1,3-4H2,(H,14,15,19)/p+1/t7-,8-/m1/s1. The Kier molecular flexibility index (Phi) is 4.27. The highest BCUT2D eigenvalue weighted by Gasteiger charge is 2.21. The van der Waals surface area contributed by atoms with Crippen molar-refractivity contribution in [1.82, 2.24) is 15.0 Å². The summed E-state index contributed by atoms with van der Waals surface area (Å²) < 4.78 is 0. The number of nitrogens with one attached hydrogen (secondary N) is 2. The van der Waals surface area contributed by atoms with Gasteiger partial charge in [0.25, 0.3) is 5.56 Å². The fourth-order valence-electron chi connectivity index (χ4n) is 1.93. The van der Waals surface area contributed by atoms with Crippen LogP contribution in [0, 0.1) is 0 Å². The maximum atomic E-state index is 11.5. The molecule has 8 nitrogen and oxygen atoms in total. The van der Waals surface area contributed by atoms with Crippen molar-refractivity contribution < 1.29 is 20.6 Å². The summed E-state index contributed by atoms with van der Waals surface area (Å²) in [5, 5.41) is 29.2. The van der Waals surface area contributed by atoms with E-state index in [2.05, 4.69) is 15.0 Å². The van der Waals surface area contributed by atoms with Gasteiger partial charge in [-0.2, -0.15) is 0 Å². The van der Waals surface area contributed by atoms with Crippen molar-refractivity contribution in [2.45, 2.75) is 18.7 Å². The van der Waals surface area contributed by atoms with Crippen LogP contribution in [0.1, 0.15) is 5.56 Å². The third-order valence-corrected chi connectivity index (χ3v) is 3.08.